The number of nitrogens with zero attached hydrogens (tertiary/aromatic N) is 2. The average molecular weight is 789 g/mol. The third kappa shape index (κ3) is 5.00. The predicted molar refractivity (Wildman–Crippen MR) is 253 cm³/mol. The van der Waals surface area contributed by atoms with Crippen molar-refractivity contribution in [2.45, 2.75) is 5.41 Å². The van der Waals surface area contributed by atoms with Crippen LogP contribution in [-0.4, -0.2) is 9.97 Å². The first kappa shape index (κ1) is 34.7. The Morgan fingerprint density at radius 1 is 0.290 bits per heavy atom. The van der Waals surface area contributed by atoms with Crippen LogP contribution >= 0.6 is 0 Å². The topological polar surface area (TPSA) is 38.9 Å². The molecule has 288 valence electrons. The molecule has 0 bridgehead atoms. The third-order valence-electron chi connectivity index (χ3n) is 13.2. The normalized spacial score (nSPS) is 13.0. The second-order valence-corrected chi connectivity index (χ2v) is 16.4. The molecule has 1 spiro atoms. The molecule has 0 radical (unpaired) electrons. The predicted octanol–water partition coefficient (Wildman–Crippen LogP) is 15.1. The minimum absolute atomic E-state index is 0.546. The average Bonchev–Trinajstić information content (AvgIpc) is 3.84. The largest absolute Gasteiger partial charge is 0.456 e. The molecule has 62 heavy (non-hydrogen) atoms. The molecule has 0 atom stereocenters. The van der Waals surface area contributed by atoms with Crippen LogP contribution in [0.3, 0.4) is 0 Å². The van der Waals surface area contributed by atoms with Crippen LogP contribution in [0.2, 0.25) is 0 Å². The van der Waals surface area contributed by atoms with Gasteiger partial charge in [0.25, 0.3) is 0 Å². The van der Waals surface area contributed by atoms with E-state index in [1.54, 1.807) is 0 Å². The summed E-state index contributed by atoms with van der Waals surface area (Å²) in [6, 6.07) is 78.7. The van der Waals surface area contributed by atoms with Crippen molar-refractivity contribution >= 4 is 21.9 Å². The molecule has 0 saturated carbocycles. The highest BCUT2D eigenvalue weighted by molar-refractivity contribution is 6.06. The lowest BCUT2D eigenvalue weighted by Crippen LogP contribution is -2.29. The van der Waals surface area contributed by atoms with Crippen molar-refractivity contribution in [2.75, 3.05) is 0 Å². The molecule has 13 rings (SSSR count). The number of fused-ring (bicyclic) bond motifs is 15. The zero-order valence-corrected chi connectivity index (χ0v) is 33.6. The molecule has 2 aliphatic carbocycles. The maximum absolute atomic E-state index is 6.40. The Kier molecular flexibility index (Phi) is 7.52. The third-order valence-corrected chi connectivity index (χ3v) is 13.2. The highest BCUT2D eigenvalue weighted by Crippen LogP contribution is 2.61. The summed E-state index contributed by atoms with van der Waals surface area (Å²) >= 11 is 0. The van der Waals surface area contributed by atoms with Gasteiger partial charge in [0.15, 0.2) is 5.82 Å². The van der Waals surface area contributed by atoms with E-state index in [4.69, 9.17) is 14.4 Å². The fourth-order valence-electron chi connectivity index (χ4n) is 10.5. The van der Waals surface area contributed by atoms with Gasteiger partial charge in [-0.2, -0.15) is 0 Å². The summed E-state index contributed by atoms with van der Waals surface area (Å²) < 4.78 is 6.40. The van der Waals surface area contributed by atoms with Gasteiger partial charge in [0.2, 0.25) is 0 Å². The first-order valence-electron chi connectivity index (χ1n) is 21.2. The molecule has 0 saturated heterocycles. The van der Waals surface area contributed by atoms with E-state index < -0.39 is 5.41 Å². The highest BCUT2D eigenvalue weighted by Gasteiger charge is 2.49. The summed E-state index contributed by atoms with van der Waals surface area (Å²) in [5.74, 6) is 0.670. The van der Waals surface area contributed by atoms with Gasteiger partial charge in [0.1, 0.15) is 11.2 Å². The van der Waals surface area contributed by atoms with Crippen LogP contribution in [-0.2, 0) is 5.41 Å². The Morgan fingerprint density at radius 2 is 0.758 bits per heavy atom. The SMILES string of the molecule is c1ccc(-c2ccccc2-c2nc(-c3ccc4c(c3)-c3ccccc3C43c4ccccc4-c4ccccc4-c4ccccc43)cc(-c3ccc4c(c3)oc3ccccc34)n2)cc1. The Hall–Kier alpha value is -8.14. The summed E-state index contributed by atoms with van der Waals surface area (Å²) in [7, 11) is 0. The summed E-state index contributed by atoms with van der Waals surface area (Å²) in [4.78, 5) is 10.8. The minimum atomic E-state index is -0.546. The van der Waals surface area contributed by atoms with Crippen LogP contribution in [0, 0.1) is 0 Å². The van der Waals surface area contributed by atoms with Crippen LogP contribution in [0.15, 0.2) is 223 Å². The van der Waals surface area contributed by atoms with Gasteiger partial charge in [-0.25, -0.2) is 9.97 Å². The molecule has 3 nitrogen and oxygen atoms in total. The zero-order chi connectivity index (χ0) is 40.8. The van der Waals surface area contributed by atoms with E-state index >= 15 is 0 Å². The standard InChI is InChI=1S/C59H36N2O/c1-2-16-37(17-3-1)40-18-4-7-25-48(40)58-60-54(36-55(61-58)39-30-32-47-46-24-11-15-29-56(46)62-57(47)35-39)38-31-33-53-49(34-38)45-23-10-14-28-52(45)59(53)50-26-12-8-21-43(50)41-19-5-6-20-42(41)44-22-9-13-27-51(44)59/h1-36H. The summed E-state index contributed by atoms with van der Waals surface area (Å²) in [6.07, 6.45) is 0. The summed E-state index contributed by atoms with van der Waals surface area (Å²) in [5.41, 5.74) is 20.7. The van der Waals surface area contributed by atoms with Gasteiger partial charge in [-0.15, -0.1) is 0 Å². The van der Waals surface area contributed by atoms with Gasteiger partial charge < -0.3 is 4.42 Å². The van der Waals surface area contributed by atoms with E-state index in [1.807, 2.05) is 12.1 Å². The van der Waals surface area contributed by atoms with Crippen LogP contribution < -0.4 is 0 Å². The van der Waals surface area contributed by atoms with E-state index in [2.05, 4.69) is 206 Å². The molecule has 2 heterocycles. The lowest BCUT2D eigenvalue weighted by atomic mass is 9.66. The maximum Gasteiger partial charge on any atom is 0.161 e. The number of furan rings is 1. The van der Waals surface area contributed by atoms with Crippen molar-refractivity contribution < 1.29 is 4.42 Å². The fourth-order valence-corrected chi connectivity index (χ4v) is 10.5. The van der Waals surface area contributed by atoms with Gasteiger partial charge in [-0.1, -0.05) is 188 Å². The molecular formula is C59H36N2O. The van der Waals surface area contributed by atoms with Gasteiger partial charge >= 0.3 is 0 Å². The first-order valence-corrected chi connectivity index (χ1v) is 21.2. The van der Waals surface area contributed by atoms with Crippen molar-refractivity contribution in [2.24, 2.45) is 0 Å². The van der Waals surface area contributed by atoms with Crippen molar-refractivity contribution in [3.05, 3.63) is 241 Å². The van der Waals surface area contributed by atoms with Crippen molar-refractivity contribution in [3.63, 3.8) is 0 Å². The number of hydrogen-bond acceptors (Lipinski definition) is 3. The van der Waals surface area contributed by atoms with Gasteiger partial charge in [0, 0.05) is 27.5 Å². The molecular weight excluding hydrogens is 753 g/mol. The van der Waals surface area contributed by atoms with E-state index in [0.29, 0.717) is 5.82 Å². The summed E-state index contributed by atoms with van der Waals surface area (Å²) in [6.45, 7) is 0. The molecule has 2 aliphatic rings. The molecule has 0 amide bonds. The Labute approximate surface area is 359 Å². The van der Waals surface area contributed by atoms with Crippen molar-refractivity contribution in [1.29, 1.82) is 0 Å². The van der Waals surface area contributed by atoms with Crippen LogP contribution in [0.5, 0.6) is 0 Å². The second-order valence-electron chi connectivity index (χ2n) is 16.4. The van der Waals surface area contributed by atoms with Crippen LogP contribution in [0.25, 0.3) is 100 Å². The lowest BCUT2D eigenvalue weighted by Gasteiger charge is -2.35. The quantitative estimate of drug-likeness (QED) is 0.178. The highest BCUT2D eigenvalue weighted by atomic mass is 16.3. The molecule has 9 aromatic carbocycles. The molecule has 0 unspecified atom stereocenters. The van der Waals surface area contributed by atoms with Gasteiger partial charge in [0.05, 0.1) is 16.8 Å². The molecule has 0 aliphatic heterocycles. The van der Waals surface area contributed by atoms with Crippen molar-refractivity contribution in [1.82, 2.24) is 9.97 Å². The van der Waals surface area contributed by atoms with Crippen molar-refractivity contribution in [3.8, 4) is 78.4 Å². The Bertz CT molecular complexity index is 3530. The molecule has 3 heteroatoms. The number of aromatic nitrogens is 2. The van der Waals surface area contributed by atoms with Gasteiger partial charge in [-0.3, -0.25) is 0 Å². The molecule has 2 aromatic heterocycles. The monoisotopic (exact) mass is 788 g/mol. The smallest absolute Gasteiger partial charge is 0.161 e. The molecule has 0 fully saturated rings. The number of rotatable bonds is 4. The van der Waals surface area contributed by atoms with Crippen LogP contribution in [0.4, 0.5) is 0 Å². The van der Waals surface area contributed by atoms with Crippen LogP contribution in [0.1, 0.15) is 22.3 Å². The van der Waals surface area contributed by atoms with E-state index in [1.165, 1.54) is 55.6 Å². The minimum Gasteiger partial charge on any atom is -0.456 e. The fraction of sp³-hybridized carbons (Fsp3) is 0.0169. The number of para-hydroxylation sites is 1. The molecule has 11 aromatic rings. The van der Waals surface area contributed by atoms with Gasteiger partial charge in [-0.05, 0) is 97.1 Å². The van der Waals surface area contributed by atoms with E-state index in [0.717, 1.165) is 61.1 Å². The summed E-state index contributed by atoms with van der Waals surface area (Å²) in [5, 5.41) is 2.19. The number of hydrogen-bond donors (Lipinski definition) is 0. The zero-order valence-electron chi connectivity index (χ0n) is 33.6. The Morgan fingerprint density at radius 3 is 1.42 bits per heavy atom. The Balaban J connectivity index is 1.06. The number of benzene rings is 9. The first-order chi connectivity index (χ1) is 30.7. The lowest BCUT2D eigenvalue weighted by molar-refractivity contribution is 0.669. The van der Waals surface area contributed by atoms with E-state index in [-0.39, 0.29) is 0 Å². The molecule has 0 N–H and O–H groups in total. The van der Waals surface area contributed by atoms with E-state index in [9.17, 15) is 0 Å². The second kappa shape index (κ2) is 13.4. The maximum atomic E-state index is 6.40.